The van der Waals surface area contributed by atoms with E-state index in [1.807, 2.05) is 25.3 Å². The summed E-state index contributed by atoms with van der Waals surface area (Å²) in [6.45, 7) is 8.11. The minimum absolute atomic E-state index is 0.0239. The third kappa shape index (κ3) is 3.15. The molecule has 8 nitrogen and oxygen atoms in total. The number of anilines is 2. The molecule has 2 aliphatic rings. The molecule has 2 aliphatic heterocycles. The number of aryl methyl sites for hydroxylation is 1. The Labute approximate surface area is 174 Å². The highest BCUT2D eigenvalue weighted by molar-refractivity contribution is 5.74. The first-order valence-corrected chi connectivity index (χ1v) is 10.6. The molecule has 3 aromatic rings. The van der Waals surface area contributed by atoms with Crippen molar-refractivity contribution in [3.63, 3.8) is 0 Å². The SMILES string of the molecule is Cc1cc2c(cc1Nc1ncc3c(n1)n(C1CCOCC1)c(=O)n3C(C)C)CCO2. The summed E-state index contributed by atoms with van der Waals surface area (Å²) in [6, 6.07) is 4.28. The fourth-order valence-corrected chi connectivity index (χ4v) is 4.44. The van der Waals surface area contributed by atoms with Gasteiger partial charge in [0.2, 0.25) is 5.95 Å². The number of hydrogen-bond acceptors (Lipinski definition) is 6. The van der Waals surface area contributed by atoms with Crippen molar-refractivity contribution in [2.24, 2.45) is 0 Å². The van der Waals surface area contributed by atoms with E-state index in [4.69, 9.17) is 14.5 Å². The van der Waals surface area contributed by atoms with Gasteiger partial charge in [0.1, 0.15) is 11.3 Å². The topological polar surface area (TPSA) is 83.2 Å². The number of ether oxygens (including phenoxy) is 2. The lowest BCUT2D eigenvalue weighted by molar-refractivity contribution is 0.0694. The lowest BCUT2D eigenvalue weighted by Gasteiger charge is -2.23. The third-order valence-corrected chi connectivity index (χ3v) is 6.01. The monoisotopic (exact) mass is 409 g/mol. The van der Waals surface area contributed by atoms with E-state index in [-0.39, 0.29) is 17.8 Å². The summed E-state index contributed by atoms with van der Waals surface area (Å²) in [5.74, 6) is 1.45. The normalized spacial score (nSPS) is 16.8. The van der Waals surface area contributed by atoms with E-state index < -0.39 is 0 Å². The number of nitrogens with one attached hydrogen (secondary N) is 1. The van der Waals surface area contributed by atoms with Crippen LogP contribution in [0.2, 0.25) is 0 Å². The highest BCUT2D eigenvalue weighted by Crippen LogP contribution is 2.32. The van der Waals surface area contributed by atoms with Crippen molar-refractivity contribution in [2.75, 3.05) is 25.1 Å². The molecule has 30 heavy (non-hydrogen) atoms. The predicted molar refractivity (Wildman–Crippen MR) is 115 cm³/mol. The number of rotatable bonds is 4. The summed E-state index contributed by atoms with van der Waals surface area (Å²) in [5.41, 5.74) is 4.65. The van der Waals surface area contributed by atoms with Gasteiger partial charge >= 0.3 is 5.69 Å². The standard InChI is InChI=1S/C22H27N5O3/c1-13(2)26-18-12-23-21(24-17-11-15-4-9-30-19(15)10-14(17)3)25-20(18)27(22(26)28)16-5-7-29-8-6-16/h10-13,16H,4-9H2,1-3H3,(H,23,24,25). The zero-order chi connectivity index (χ0) is 20.8. The average molecular weight is 409 g/mol. The Morgan fingerprint density at radius 3 is 2.77 bits per heavy atom. The van der Waals surface area contributed by atoms with Gasteiger partial charge in [-0.2, -0.15) is 4.98 Å². The molecule has 0 spiro atoms. The third-order valence-electron chi connectivity index (χ3n) is 6.01. The quantitative estimate of drug-likeness (QED) is 0.710. The summed E-state index contributed by atoms with van der Waals surface area (Å²) in [6.07, 6.45) is 4.29. The molecule has 0 bridgehead atoms. The molecule has 8 heteroatoms. The van der Waals surface area contributed by atoms with E-state index in [1.54, 1.807) is 10.8 Å². The number of nitrogens with zero attached hydrogens (tertiary/aromatic N) is 4. The van der Waals surface area contributed by atoms with Gasteiger partial charge in [0.25, 0.3) is 0 Å². The van der Waals surface area contributed by atoms with Crippen LogP contribution in [0.5, 0.6) is 5.75 Å². The van der Waals surface area contributed by atoms with Crippen molar-refractivity contribution in [1.29, 1.82) is 0 Å². The zero-order valence-electron chi connectivity index (χ0n) is 17.6. The molecule has 0 aliphatic carbocycles. The average Bonchev–Trinajstić information content (AvgIpc) is 3.29. The number of imidazole rings is 1. The van der Waals surface area contributed by atoms with Crippen molar-refractivity contribution in [3.8, 4) is 5.75 Å². The molecule has 4 heterocycles. The number of hydrogen-bond donors (Lipinski definition) is 1. The first kappa shape index (κ1) is 19.1. The van der Waals surface area contributed by atoms with Crippen molar-refractivity contribution < 1.29 is 9.47 Å². The van der Waals surface area contributed by atoms with Crippen LogP contribution in [0.15, 0.2) is 23.1 Å². The molecule has 2 aromatic heterocycles. The molecule has 1 aromatic carbocycles. The highest BCUT2D eigenvalue weighted by Gasteiger charge is 2.25. The summed E-state index contributed by atoms with van der Waals surface area (Å²) in [5, 5.41) is 3.36. The maximum atomic E-state index is 13.3. The molecule has 1 N–H and O–H groups in total. The number of fused-ring (bicyclic) bond motifs is 2. The predicted octanol–water partition coefficient (Wildman–Crippen LogP) is 3.51. The molecule has 0 saturated carbocycles. The first-order valence-electron chi connectivity index (χ1n) is 10.6. The number of benzene rings is 1. The lowest BCUT2D eigenvalue weighted by Crippen LogP contribution is -2.31. The van der Waals surface area contributed by atoms with Crippen molar-refractivity contribution >= 4 is 22.8 Å². The van der Waals surface area contributed by atoms with Crippen LogP contribution in [0.3, 0.4) is 0 Å². The summed E-state index contributed by atoms with van der Waals surface area (Å²) >= 11 is 0. The van der Waals surface area contributed by atoms with Gasteiger partial charge in [-0.1, -0.05) is 0 Å². The van der Waals surface area contributed by atoms with Gasteiger partial charge in [-0.15, -0.1) is 0 Å². The van der Waals surface area contributed by atoms with Crippen LogP contribution < -0.4 is 15.7 Å². The minimum atomic E-state index is -0.0239. The van der Waals surface area contributed by atoms with E-state index in [0.29, 0.717) is 24.8 Å². The van der Waals surface area contributed by atoms with Gasteiger partial charge in [-0.3, -0.25) is 9.13 Å². The van der Waals surface area contributed by atoms with Crippen molar-refractivity contribution in [2.45, 2.75) is 52.1 Å². The second-order valence-electron chi connectivity index (χ2n) is 8.36. The second kappa shape index (κ2) is 7.43. The molecular weight excluding hydrogens is 382 g/mol. The van der Waals surface area contributed by atoms with Crippen molar-refractivity contribution in [3.05, 3.63) is 39.9 Å². The van der Waals surface area contributed by atoms with Gasteiger partial charge < -0.3 is 14.8 Å². The van der Waals surface area contributed by atoms with Crippen LogP contribution in [-0.4, -0.2) is 38.9 Å². The highest BCUT2D eigenvalue weighted by atomic mass is 16.5. The minimum Gasteiger partial charge on any atom is -0.493 e. The van der Waals surface area contributed by atoms with Gasteiger partial charge in [0, 0.05) is 37.4 Å². The Morgan fingerprint density at radius 2 is 2.00 bits per heavy atom. The van der Waals surface area contributed by atoms with Gasteiger partial charge in [-0.05, 0) is 56.9 Å². The van der Waals surface area contributed by atoms with Crippen LogP contribution >= 0.6 is 0 Å². The fraction of sp³-hybridized carbons (Fsp3) is 0.500. The maximum Gasteiger partial charge on any atom is 0.330 e. The van der Waals surface area contributed by atoms with Crippen LogP contribution in [-0.2, 0) is 11.2 Å². The first-order chi connectivity index (χ1) is 14.5. The molecule has 158 valence electrons. The van der Waals surface area contributed by atoms with Crippen LogP contribution in [0.1, 0.15) is 49.9 Å². The summed E-state index contributed by atoms with van der Waals surface area (Å²) < 4.78 is 14.8. The van der Waals surface area contributed by atoms with Gasteiger partial charge in [-0.25, -0.2) is 9.78 Å². The Balaban J connectivity index is 1.59. The molecule has 5 rings (SSSR count). The molecule has 0 atom stereocenters. The summed E-state index contributed by atoms with van der Waals surface area (Å²) in [4.78, 5) is 22.6. The largest absolute Gasteiger partial charge is 0.493 e. The van der Waals surface area contributed by atoms with E-state index in [9.17, 15) is 4.79 Å². The maximum absolute atomic E-state index is 13.3. The Hall–Kier alpha value is -2.87. The van der Waals surface area contributed by atoms with E-state index in [2.05, 4.69) is 22.4 Å². The molecule has 0 unspecified atom stereocenters. The smallest absolute Gasteiger partial charge is 0.330 e. The lowest BCUT2D eigenvalue weighted by atomic mass is 10.1. The van der Waals surface area contributed by atoms with Gasteiger partial charge in [0.05, 0.1) is 12.8 Å². The Morgan fingerprint density at radius 1 is 1.20 bits per heavy atom. The van der Waals surface area contributed by atoms with E-state index >= 15 is 0 Å². The molecule has 1 saturated heterocycles. The van der Waals surface area contributed by atoms with E-state index in [0.717, 1.165) is 48.4 Å². The van der Waals surface area contributed by atoms with Crippen LogP contribution in [0.4, 0.5) is 11.6 Å². The molecule has 0 radical (unpaired) electrons. The molecular formula is C22H27N5O3. The Kier molecular flexibility index (Phi) is 4.73. The van der Waals surface area contributed by atoms with Crippen molar-refractivity contribution in [1.82, 2.24) is 19.1 Å². The van der Waals surface area contributed by atoms with Gasteiger partial charge in [0.15, 0.2) is 5.65 Å². The van der Waals surface area contributed by atoms with Crippen LogP contribution in [0.25, 0.3) is 11.2 Å². The van der Waals surface area contributed by atoms with Crippen LogP contribution in [0, 0.1) is 6.92 Å². The van der Waals surface area contributed by atoms with E-state index in [1.165, 1.54) is 5.56 Å². The molecule has 1 fully saturated rings. The fourth-order valence-electron chi connectivity index (χ4n) is 4.44. The summed E-state index contributed by atoms with van der Waals surface area (Å²) in [7, 11) is 0. The zero-order valence-corrected chi connectivity index (χ0v) is 17.6. The molecule has 0 amide bonds. The second-order valence-corrected chi connectivity index (χ2v) is 8.36. The number of aromatic nitrogens is 4. The Bertz CT molecular complexity index is 1160.